The predicted octanol–water partition coefficient (Wildman–Crippen LogP) is 2.94. The number of carbonyl (C=O) groups is 3. The number of aliphatic hydroxyl groups is 1. The highest BCUT2D eigenvalue weighted by molar-refractivity contribution is 6.30. The zero-order valence-corrected chi connectivity index (χ0v) is 20.8. The molecule has 0 radical (unpaired) electrons. The number of nitrogens with zero attached hydrogens (tertiary/aromatic N) is 1. The molecule has 0 aliphatic carbocycles. The van der Waals surface area contributed by atoms with Gasteiger partial charge in [-0.25, -0.2) is 0 Å². The summed E-state index contributed by atoms with van der Waals surface area (Å²) < 4.78 is 4.55. The lowest BCUT2D eigenvalue weighted by Gasteiger charge is -2.34. The molecule has 1 heterocycles. The van der Waals surface area contributed by atoms with Crippen molar-refractivity contribution in [1.82, 2.24) is 10.2 Å². The van der Waals surface area contributed by atoms with Crippen LogP contribution in [0, 0.1) is 0 Å². The number of carbonyl (C=O) groups excluding carboxylic acids is 3. The molecule has 2 aromatic rings. The van der Waals surface area contributed by atoms with Gasteiger partial charge in [-0.15, -0.1) is 0 Å². The molecule has 0 aromatic heterocycles. The smallest absolute Gasteiger partial charge is 0.293 e. The Labute approximate surface area is 206 Å². The maximum Gasteiger partial charge on any atom is 0.293 e. The third-order valence-electron chi connectivity index (χ3n) is 5.40. The number of ketones is 1. The molecular weight excluding hydrogens is 456 g/mol. The third-order valence-corrected chi connectivity index (χ3v) is 5.65. The first-order chi connectivity index (χ1) is 16.0. The number of amides is 1. The van der Waals surface area contributed by atoms with E-state index in [2.05, 4.69) is 16.1 Å². The number of halogens is 1. The summed E-state index contributed by atoms with van der Waals surface area (Å²) in [6.45, 7) is 6.00. The number of hydrogen-bond acceptors (Lipinski definition) is 6. The van der Waals surface area contributed by atoms with E-state index < -0.39 is 18.4 Å². The molecule has 0 saturated heterocycles. The topological polar surface area (TPSA) is 95.9 Å². The first kappa shape index (κ1) is 27.5. The summed E-state index contributed by atoms with van der Waals surface area (Å²) in [4.78, 5) is 36.6. The van der Waals surface area contributed by atoms with Gasteiger partial charge in [-0.05, 0) is 69.5 Å². The lowest BCUT2D eigenvalue weighted by atomic mass is 9.93. The number of fused-ring (bicyclic) bond motifs is 1. The molecule has 0 fully saturated rings. The quantitative estimate of drug-likeness (QED) is 0.582. The van der Waals surface area contributed by atoms with Crippen LogP contribution in [-0.4, -0.2) is 59.5 Å². The Morgan fingerprint density at radius 2 is 1.79 bits per heavy atom. The molecule has 8 heteroatoms. The Kier molecular flexibility index (Phi) is 10.2. The van der Waals surface area contributed by atoms with Crippen molar-refractivity contribution in [3.63, 3.8) is 0 Å². The van der Waals surface area contributed by atoms with Gasteiger partial charge in [0.2, 0.25) is 5.91 Å². The van der Waals surface area contributed by atoms with Crippen molar-refractivity contribution in [1.29, 1.82) is 0 Å². The number of hydrogen-bond donors (Lipinski definition) is 2. The molecule has 0 saturated carbocycles. The molecule has 0 spiro atoms. The summed E-state index contributed by atoms with van der Waals surface area (Å²) in [7, 11) is 1.91. The van der Waals surface area contributed by atoms with Crippen LogP contribution in [0.3, 0.4) is 0 Å². The summed E-state index contributed by atoms with van der Waals surface area (Å²) in [5.41, 5.74) is 2.92. The number of ether oxygens (including phenoxy) is 1. The van der Waals surface area contributed by atoms with Crippen LogP contribution in [0.15, 0.2) is 48.5 Å². The van der Waals surface area contributed by atoms with E-state index in [0.717, 1.165) is 11.1 Å². The van der Waals surface area contributed by atoms with Crippen molar-refractivity contribution in [2.45, 2.75) is 57.8 Å². The average Bonchev–Trinajstić information content (AvgIpc) is 2.78. The van der Waals surface area contributed by atoms with Crippen LogP contribution in [0.5, 0.6) is 0 Å². The van der Waals surface area contributed by atoms with Crippen molar-refractivity contribution in [3.05, 3.63) is 70.2 Å². The molecule has 184 valence electrons. The summed E-state index contributed by atoms with van der Waals surface area (Å²) in [5, 5.41) is 12.7. The van der Waals surface area contributed by atoms with Gasteiger partial charge in [-0.1, -0.05) is 48.0 Å². The van der Waals surface area contributed by atoms with Crippen molar-refractivity contribution in [2.75, 3.05) is 13.7 Å². The Morgan fingerprint density at radius 3 is 2.32 bits per heavy atom. The lowest BCUT2D eigenvalue weighted by Crippen LogP contribution is -2.53. The minimum absolute atomic E-state index is 0.201. The van der Waals surface area contributed by atoms with Crippen LogP contribution in [0.1, 0.15) is 37.5 Å². The van der Waals surface area contributed by atoms with E-state index >= 15 is 0 Å². The average molecular weight is 489 g/mol. The molecule has 2 atom stereocenters. The summed E-state index contributed by atoms with van der Waals surface area (Å²) in [6.07, 6.45) is 0.912. The predicted molar refractivity (Wildman–Crippen MR) is 131 cm³/mol. The van der Waals surface area contributed by atoms with Crippen LogP contribution in [0.25, 0.3) is 0 Å². The van der Waals surface area contributed by atoms with Gasteiger partial charge in [-0.2, -0.15) is 0 Å². The molecule has 7 nitrogen and oxygen atoms in total. The summed E-state index contributed by atoms with van der Waals surface area (Å²) >= 11 is 5.90. The number of aliphatic hydroxyl groups excluding tert-OH is 1. The largest absolute Gasteiger partial charge is 0.462 e. The lowest BCUT2D eigenvalue weighted by molar-refractivity contribution is -0.138. The number of Topliss-reactive ketones (excluding diaryl/α,β-unsaturated/α-hetero) is 1. The van der Waals surface area contributed by atoms with Crippen molar-refractivity contribution < 1.29 is 24.2 Å². The number of benzene rings is 2. The van der Waals surface area contributed by atoms with E-state index in [1.807, 2.05) is 63.1 Å². The van der Waals surface area contributed by atoms with Crippen LogP contribution >= 0.6 is 11.6 Å². The van der Waals surface area contributed by atoms with Gasteiger partial charge < -0.3 is 15.2 Å². The van der Waals surface area contributed by atoms with E-state index in [1.54, 1.807) is 12.1 Å². The molecule has 0 bridgehead atoms. The van der Waals surface area contributed by atoms with E-state index in [-0.39, 0.29) is 17.6 Å². The van der Waals surface area contributed by atoms with E-state index in [9.17, 15) is 19.5 Å². The minimum Gasteiger partial charge on any atom is -0.462 e. The van der Waals surface area contributed by atoms with E-state index in [0.29, 0.717) is 30.9 Å². The van der Waals surface area contributed by atoms with Gasteiger partial charge in [-0.3, -0.25) is 19.3 Å². The monoisotopic (exact) mass is 488 g/mol. The Hall–Kier alpha value is -2.74. The second-order valence-electron chi connectivity index (χ2n) is 9.25. The van der Waals surface area contributed by atoms with Crippen LogP contribution < -0.4 is 5.32 Å². The third kappa shape index (κ3) is 8.56. The highest BCUT2D eigenvalue weighted by Gasteiger charge is 2.31. The summed E-state index contributed by atoms with van der Waals surface area (Å²) in [5.74, 6) is -0.607. The SMILES string of the molecule is CC(C)(C)OC=O.CN1Cc2ccccc2CC1C(=O)NC(Cc1ccc(Cl)cc1)C(=O)CO. The molecule has 2 unspecified atom stereocenters. The van der Waals surface area contributed by atoms with Gasteiger partial charge in [0.25, 0.3) is 6.47 Å². The van der Waals surface area contributed by atoms with Gasteiger partial charge in [0.05, 0.1) is 12.1 Å². The first-order valence-electron chi connectivity index (χ1n) is 11.1. The second-order valence-corrected chi connectivity index (χ2v) is 9.68. The van der Waals surface area contributed by atoms with Crippen molar-refractivity contribution >= 4 is 29.8 Å². The second kappa shape index (κ2) is 12.6. The van der Waals surface area contributed by atoms with Gasteiger partial charge in [0.15, 0.2) is 5.78 Å². The molecule has 1 aliphatic rings. The fourth-order valence-electron chi connectivity index (χ4n) is 3.57. The maximum atomic E-state index is 12.9. The first-order valence-corrected chi connectivity index (χ1v) is 11.5. The van der Waals surface area contributed by atoms with Crippen molar-refractivity contribution in [3.8, 4) is 0 Å². The fraction of sp³-hybridized carbons (Fsp3) is 0.423. The number of rotatable bonds is 7. The zero-order valence-electron chi connectivity index (χ0n) is 20.1. The molecular formula is C26H33ClN2O5. The molecule has 1 aliphatic heterocycles. The van der Waals surface area contributed by atoms with Crippen LogP contribution in [0.4, 0.5) is 0 Å². The highest BCUT2D eigenvalue weighted by atomic mass is 35.5. The summed E-state index contributed by atoms with van der Waals surface area (Å²) in [6, 6.07) is 14.1. The number of likely N-dealkylation sites (N-methyl/N-ethyl adjacent to an activating group) is 1. The minimum atomic E-state index is -0.769. The van der Waals surface area contributed by atoms with Gasteiger partial charge >= 0.3 is 0 Å². The number of nitrogens with one attached hydrogen (secondary N) is 1. The Bertz CT molecular complexity index is 972. The maximum absolute atomic E-state index is 12.9. The fourth-order valence-corrected chi connectivity index (χ4v) is 3.70. The Morgan fingerprint density at radius 1 is 1.18 bits per heavy atom. The van der Waals surface area contributed by atoms with E-state index in [1.165, 1.54) is 5.56 Å². The molecule has 34 heavy (non-hydrogen) atoms. The highest BCUT2D eigenvalue weighted by Crippen LogP contribution is 2.22. The molecule has 2 N–H and O–H groups in total. The van der Waals surface area contributed by atoms with Crippen LogP contribution in [-0.2, 0) is 38.5 Å². The van der Waals surface area contributed by atoms with Crippen molar-refractivity contribution in [2.24, 2.45) is 0 Å². The Balaban J connectivity index is 0.000000509. The normalized spacial score (nSPS) is 16.4. The van der Waals surface area contributed by atoms with Crippen LogP contribution in [0.2, 0.25) is 5.02 Å². The molecule has 1 amide bonds. The van der Waals surface area contributed by atoms with Gasteiger partial charge in [0, 0.05) is 11.6 Å². The zero-order chi connectivity index (χ0) is 25.3. The van der Waals surface area contributed by atoms with Gasteiger partial charge in [0.1, 0.15) is 12.2 Å². The van der Waals surface area contributed by atoms with E-state index in [4.69, 9.17) is 11.6 Å². The molecule has 2 aromatic carbocycles. The standard InChI is InChI=1S/C21H23ClN2O3.C5H10O2/c1-24-12-16-5-3-2-4-15(16)11-19(24)21(27)23-18(20(26)13-25)10-14-6-8-17(22)9-7-14;1-5(2,3)7-4-6/h2-9,18-19,25H,10-13H2,1H3,(H,23,27);4H,1-3H3. The molecule has 3 rings (SSSR count).